The molecule has 0 fully saturated rings. The Labute approximate surface area is 70.0 Å². The van der Waals surface area contributed by atoms with Crippen molar-refractivity contribution in [3.8, 4) is 0 Å². The molecule has 0 aliphatic heterocycles. The van der Waals surface area contributed by atoms with Crippen LogP contribution in [0, 0.1) is 5.82 Å². The third-order valence-electron chi connectivity index (χ3n) is 1.04. The van der Waals surface area contributed by atoms with Gasteiger partial charge in [-0.2, -0.15) is 0 Å². The summed E-state index contributed by atoms with van der Waals surface area (Å²) < 4.78 is 12.5. The van der Waals surface area contributed by atoms with Gasteiger partial charge in [0.15, 0.2) is 0 Å². The number of hydrogen-bond acceptors (Lipinski definition) is 2. The topological polar surface area (TPSA) is 50.2 Å². The number of carboxylic acid groups (broad SMARTS) is 1. The lowest BCUT2D eigenvalue weighted by Crippen LogP contribution is -1.99. The quantitative estimate of drug-likeness (QED) is 0.732. The lowest BCUT2D eigenvalue weighted by molar-refractivity contribution is 0.0694. The molecular weight excluding hydrogens is 217 g/mol. The van der Waals surface area contributed by atoms with Crippen LogP contribution in [0.1, 0.15) is 10.4 Å². The van der Waals surface area contributed by atoms with E-state index in [1.165, 1.54) is 0 Å². The fourth-order valence-corrected chi connectivity index (χ4v) is 0.959. The second-order valence-corrected chi connectivity index (χ2v) is 2.55. The zero-order valence-electron chi connectivity index (χ0n) is 5.21. The third-order valence-corrected chi connectivity index (χ3v) is 1.67. The molecule has 1 heterocycles. The fourth-order valence-electron chi connectivity index (χ4n) is 0.573. The Morgan fingerprint density at radius 3 is 2.82 bits per heavy atom. The average Bonchev–Trinajstić information content (AvgIpc) is 1.94. The summed E-state index contributed by atoms with van der Waals surface area (Å²) in [5, 5.41) is 8.45. The van der Waals surface area contributed by atoms with E-state index in [0.717, 1.165) is 12.3 Å². The predicted molar refractivity (Wildman–Crippen MR) is 38.9 cm³/mol. The summed E-state index contributed by atoms with van der Waals surface area (Å²) in [6.07, 6.45) is 0.941. The summed E-state index contributed by atoms with van der Waals surface area (Å²) in [6, 6.07) is 0.902. The van der Waals surface area contributed by atoms with E-state index in [9.17, 15) is 9.18 Å². The van der Waals surface area contributed by atoms with Crippen LogP contribution in [0.15, 0.2) is 16.9 Å². The molecule has 1 aromatic heterocycles. The highest BCUT2D eigenvalue weighted by Gasteiger charge is 2.09. The summed E-state index contributed by atoms with van der Waals surface area (Å²) >= 11 is 2.87. The van der Waals surface area contributed by atoms with Crippen molar-refractivity contribution in [1.82, 2.24) is 4.98 Å². The normalized spacial score (nSPS) is 9.64. The van der Waals surface area contributed by atoms with Crippen LogP contribution in [-0.4, -0.2) is 16.1 Å². The van der Waals surface area contributed by atoms with Crippen molar-refractivity contribution in [2.75, 3.05) is 0 Å². The van der Waals surface area contributed by atoms with Crippen molar-refractivity contribution < 1.29 is 14.3 Å². The molecule has 11 heavy (non-hydrogen) atoms. The minimum absolute atomic E-state index is 0.131. The molecule has 0 radical (unpaired) electrons. The molecule has 5 heteroatoms. The Bertz CT molecular complexity index is 303. The number of rotatable bonds is 1. The molecule has 1 rings (SSSR count). The van der Waals surface area contributed by atoms with Crippen molar-refractivity contribution in [3.63, 3.8) is 0 Å². The van der Waals surface area contributed by atoms with E-state index >= 15 is 0 Å². The Hall–Kier alpha value is -0.970. The summed E-state index contributed by atoms with van der Waals surface area (Å²) in [5.41, 5.74) is -0.176. The number of carboxylic acids is 1. The number of nitrogens with zero attached hydrogens (tertiary/aromatic N) is 1. The molecule has 58 valence electrons. The molecule has 0 aliphatic rings. The summed E-state index contributed by atoms with van der Waals surface area (Å²) in [6.45, 7) is 0. The minimum atomic E-state index is -1.20. The van der Waals surface area contributed by atoms with Gasteiger partial charge in [-0.15, -0.1) is 0 Å². The van der Waals surface area contributed by atoms with Gasteiger partial charge in [-0.1, -0.05) is 0 Å². The molecule has 0 atom stereocenters. The Morgan fingerprint density at radius 2 is 2.36 bits per heavy atom. The van der Waals surface area contributed by atoms with Gasteiger partial charge in [0.1, 0.15) is 10.4 Å². The Kier molecular flexibility index (Phi) is 2.19. The minimum Gasteiger partial charge on any atom is -0.478 e. The molecule has 0 saturated heterocycles. The molecule has 0 saturated carbocycles. The zero-order chi connectivity index (χ0) is 8.43. The number of carbonyl (C=O) groups is 1. The van der Waals surface area contributed by atoms with Crippen molar-refractivity contribution >= 4 is 21.9 Å². The smallest absolute Gasteiger partial charge is 0.338 e. The van der Waals surface area contributed by atoms with Crippen LogP contribution in [0.3, 0.4) is 0 Å². The first-order valence-corrected chi connectivity index (χ1v) is 3.45. The highest BCUT2D eigenvalue weighted by molar-refractivity contribution is 9.10. The van der Waals surface area contributed by atoms with Crippen LogP contribution in [0.25, 0.3) is 0 Å². The monoisotopic (exact) mass is 219 g/mol. The lowest BCUT2D eigenvalue weighted by Gasteiger charge is -1.95. The van der Waals surface area contributed by atoms with Crippen LogP contribution < -0.4 is 0 Å². The SMILES string of the molecule is O=C(O)c1cc(F)cnc1Br. The first kappa shape index (κ1) is 8.13. The van der Waals surface area contributed by atoms with Gasteiger partial charge in [0, 0.05) is 0 Å². The number of halogens is 2. The first-order chi connectivity index (χ1) is 5.11. The van der Waals surface area contributed by atoms with E-state index in [1.54, 1.807) is 0 Å². The van der Waals surface area contributed by atoms with Crippen LogP contribution in [0.2, 0.25) is 0 Å². The fraction of sp³-hybridized carbons (Fsp3) is 0. The highest BCUT2D eigenvalue weighted by atomic mass is 79.9. The van der Waals surface area contributed by atoms with Gasteiger partial charge < -0.3 is 5.11 Å². The molecule has 1 N–H and O–H groups in total. The van der Waals surface area contributed by atoms with E-state index in [0.29, 0.717) is 0 Å². The van der Waals surface area contributed by atoms with Crippen molar-refractivity contribution in [2.24, 2.45) is 0 Å². The maximum Gasteiger partial charge on any atom is 0.338 e. The standard InChI is InChI=1S/C6H3BrFNO2/c7-5-4(6(10)11)1-3(8)2-9-5/h1-2H,(H,10,11). The summed E-state index contributed by atoms with van der Waals surface area (Å²) in [4.78, 5) is 13.8. The van der Waals surface area contributed by atoms with Gasteiger partial charge in [0.25, 0.3) is 0 Å². The second kappa shape index (κ2) is 2.96. The molecule has 0 aliphatic carbocycles. The summed E-state index contributed by atoms with van der Waals surface area (Å²) in [5.74, 6) is -1.87. The lowest BCUT2D eigenvalue weighted by atomic mass is 10.3. The first-order valence-electron chi connectivity index (χ1n) is 2.65. The van der Waals surface area contributed by atoms with Gasteiger partial charge in [0.05, 0.1) is 11.8 Å². The molecule has 0 aromatic carbocycles. The van der Waals surface area contributed by atoms with Crippen LogP contribution >= 0.6 is 15.9 Å². The van der Waals surface area contributed by atoms with Crippen molar-refractivity contribution in [2.45, 2.75) is 0 Å². The van der Waals surface area contributed by atoms with E-state index in [4.69, 9.17) is 5.11 Å². The van der Waals surface area contributed by atoms with Gasteiger partial charge >= 0.3 is 5.97 Å². The van der Waals surface area contributed by atoms with Gasteiger partial charge in [-0.05, 0) is 22.0 Å². The van der Waals surface area contributed by atoms with E-state index < -0.39 is 11.8 Å². The maximum absolute atomic E-state index is 12.4. The highest BCUT2D eigenvalue weighted by Crippen LogP contribution is 2.13. The van der Waals surface area contributed by atoms with E-state index in [1.807, 2.05) is 0 Å². The average molecular weight is 220 g/mol. The number of aromatic carboxylic acids is 1. The number of hydrogen-bond donors (Lipinski definition) is 1. The molecule has 1 aromatic rings. The number of pyridine rings is 1. The van der Waals surface area contributed by atoms with E-state index in [-0.39, 0.29) is 10.2 Å². The Balaban J connectivity index is 3.23. The van der Waals surface area contributed by atoms with Crippen molar-refractivity contribution in [1.29, 1.82) is 0 Å². The zero-order valence-corrected chi connectivity index (χ0v) is 6.80. The van der Waals surface area contributed by atoms with Crippen molar-refractivity contribution in [3.05, 3.63) is 28.2 Å². The molecule has 3 nitrogen and oxygen atoms in total. The van der Waals surface area contributed by atoms with Gasteiger partial charge in [-0.25, -0.2) is 14.2 Å². The van der Waals surface area contributed by atoms with Crippen LogP contribution in [-0.2, 0) is 0 Å². The molecule has 0 unspecified atom stereocenters. The predicted octanol–water partition coefficient (Wildman–Crippen LogP) is 1.68. The molecule has 0 spiro atoms. The second-order valence-electron chi connectivity index (χ2n) is 1.80. The Morgan fingerprint density at radius 1 is 1.73 bits per heavy atom. The van der Waals surface area contributed by atoms with Crippen LogP contribution in [0.4, 0.5) is 4.39 Å². The number of aromatic nitrogens is 1. The summed E-state index contributed by atoms with van der Waals surface area (Å²) in [7, 11) is 0. The van der Waals surface area contributed by atoms with Gasteiger partial charge in [0.2, 0.25) is 0 Å². The van der Waals surface area contributed by atoms with Crippen LogP contribution in [0.5, 0.6) is 0 Å². The van der Waals surface area contributed by atoms with E-state index in [2.05, 4.69) is 20.9 Å². The largest absolute Gasteiger partial charge is 0.478 e. The molecular formula is C6H3BrFNO2. The third kappa shape index (κ3) is 1.74. The van der Waals surface area contributed by atoms with Gasteiger partial charge in [-0.3, -0.25) is 0 Å². The molecule has 0 bridgehead atoms. The maximum atomic E-state index is 12.4. The molecule has 0 amide bonds.